The van der Waals surface area contributed by atoms with Gasteiger partial charge < -0.3 is 9.84 Å². The monoisotopic (exact) mass is 295 g/mol. The summed E-state index contributed by atoms with van der Waals surface area (Å²) in [6, 6.07) is 7.79. The smallest absolute Gasteiger partial charge is 0.285 e. The quantitative estimate of drug-likeness (QED) is 0.735. The predicted octanol–water partition coefficient (Wildman–Crippen LogP) is 1.50. The highest BCUT2D eigenvalue weighted by atomic mass is 16.5. The minimum Gasteiger partial charge on any atom is -0.369 e. The number of rotatable bonds is 1. The molecule has 0 spiro atoms. The molecule has 0 saturated heterocycles. The zero-order valence-electron chi connectivity index (χ0n) is 11.9. The molecule has 0 radical (unpaired) electrons. The highest BCUT2D eigenvalue weighted by Crippen LogP contribution is 2.22. The van der Waals surface area contributed by atoms with Crippen molar-refractivity contribution < 1.29 is 9.32 Å². The van der Waals surface area contributed by atoms with Crippen LogP contribution in [0.3, 0.4) is 0 Å². The summed E-state index contributed by atoms with van der Waals surface area (Å²) in [6.45, 7) is 3.22. The Bertz CT molecular complexity index is 954. The zero-order valence-corrected chi connectivity index (χ0v) is 11.9. The van der Waals surface area contributed by atoms with Gasteiger partial charge >= 0.3 is 0 Å². The maximum Gasteiger partial charge on any atom is 0.285 e. The number of carbonyl (C=O) groups is 1. The molecule has 0 bridgehead atoms. The molecule has 110 valence electrons. The molecule has 22 heavy (non-hydrogen) atoms. The fourth-order valence-electron chi connectivity index (χ4n) is 2.61. The largest absolute Gasteiger partial charge is 0.369 e. The maximum absolute atomic E-state index is 12.3. The number of benzene rings is 1. The van der Waals surface area contributed by atoms with Crippen LogP contribution in [0.4, 0.5) is 5.82 Å². The second kappa shape index (κ2) is 4.80. The predicted molar refractivity (Wildman–Crippen MR) is 79.4 cm³/mol. The fraction of sp³-hybridized carbons (Fsp3) is 0.200. The molecule has 0 fully saturated rings. The summed E-state index contributed by atoms with van der Waals surface area (Å²) in [4.78, 5) is 21.0. The van der Waals surface area contributed by atoms with Crippen LogP contribution in [0.2, 0.25) is 0 Å². The molecule has 1 N–H and O–H groups in total. The van der Waals surface area contributed by atoms with E-state index in [-0.39, 0.29) is 0 Å². The number of carbonyl (C=O) groups excluding carboxylic acids is 1. The molecule has 1 aromatic carbocycles. The standard InChI is InChI=1S/C15H13N5O2/c1-9-11(8-22-19-9)14(21)18-15-17-12-5-3-2-4-10(12)13-16-6-7-20(13)15/h2-5,8,16H,6-7H2,1H3. The van der Waals surface area contributed by atoms with Gasteiger partial charge in [-0.15, -0.1) is 0 Å². The Kier molecular flexibility index (Phi) is 2.78. The number of hydrogen-bond acceptors (Lipinski definition) is 5. The van der Waals surface area contributed by atoms with Crippen LogP contribution in [-0.2, 0) is 6.54 Å². The molecule has 0 saturated carbocycles. The summed E-state index contributed by atoms with van der Waals surface area (Å²) in [5, 5.41) is 8.05. The van der Waals surface area contributed by atoms with Crippen LogP contribution in [0, 0.1) is 6.92 Å². The minimum absolute atomic E-state index is 0.357. The fourth-order valence-corrected chi connectivity index (χ4v) is 2.61. The van der Waals surface area contributed by atoms with Crippen molar-refractivity contribution in [2.24, 2.45) is 4.99 Å². The van der Waals surface area contributed by atoms with Gasteiger partial charge in [-0.3, -0.25) is 9.36 Å². The van der Waals surface area contributed by atoms with E-state index in [2.05, 4.69) is 20.4 Å². The zero-order chi connectivity index (χ0) is 15.1. The van der Waals surface area contributed by atoms with E-state index < -0.39 is 5.91 Å². The van der Waals surface area contributed by atoms with E-state index in [0.29, 0.717) is 16.9 Å². The van der Waals surface area contributed by atoms with Gasteiger partial charge in [0.25, 0.3) is 5.91 Å². The Balaban J connectivity index is 1.94. The molecule has 0 aliphatic carbocycles. The highest BCUT2D eigenvalue weighted by molar-refractivity contribution is 5.95. The summed E-state index contributed by atoms with van der Waals surface area (Å²) in [5.74, 6) is 0.544. The summed E-state index contributed by atoms with van der Waals surface area (Å²) in [5.41, 5.74) is 2.07. The van der Waals surface area contributed by atoms with Gasteiger partial charge in [-0.05, 0) is 19.1 Å². The van der Waals surface area contributed by atoms with Gasteiger partial charge in [-0.25, -0.2) is 4.98 Å². The highest BCUT2D eigenvalue weighted by Gasteiger charge is 2.17. The van der Waals surface area contributed by atoms with Crippen LogP contribution in [0.5, 0.6) is 0 Å². The number of aromatic nitrogens is 3. The topological polar surface area (TPSA) is 85.3 Å². The molecule has 1 amide bonds. The SMILES string of the molecule is Cc1nocc1C(=O)N=c1nc2ccccc2c2n1CCN2. The van der Waals surface area contributed by atoms with E-state index in [1.807, 2.05) is 28.8 Å². The molecule has 0 atom stereocenters. The summed E-state index contributed by atoms with van der Waals surface area (Å²) in [6.07, 6.45) is 1.31. The average molecular weight is 295 g/mol. The number of para-hydroxylation sites is 1. The first kappa shape index (κ1) is 12.8. The second-order valence-corrected chi connectivity index (χ2v) is 5.09. The Morgan fingerprint density at radius 2 is 2.27 bits per heavy atom. The Labute approximate surface area is 125 Å². The molecule has 4 rings (SSSR count). The Morgan fingerprint density at radius 1 is 1.41 bits per heavy atom. The van der Waals surface area contributed by atoms with E-state index in [0.717, 1.165) is 29.8 Å². The maximum atomic E-state index is 12.3. The van der Waals surface area contributed by atoms with Gasteiger partial charge in [0, 0.05) is 18.5 Å². The lowest BCUT2D eigenvalue weighted by molar-refractivity contribution is 0.0995. The first-order chi connectivity index (χ1) is 10.7. The molecule has 7 heteroatoms. The van der Waals surface area contributed by atoms with Crippen molar-refractivity contribution in [3.05, 3.63) is 47.4 Å². The van der Waals surface area contributed by atoms with Gasteiger partial charge in [0.05, 0.1) is 11.2 Å². The van der Waals surface area contributed by atoms with Crippen molar-refractivity contribution in [3.63, 3.8) is 0 Å². The van der Waals surface area contributed by atoms with E-state index in [9.17, 15) is 4.79 Å². The lowest BCUT2D eigenvalue weighted by Crippen LogP contribution is -2.24. The number of anilines is 1. The average Bonchev–Trinajstić information content (AvgIpc) is 3.16. The normalized spacial score (nSPS) is 14.1. The Morgan fingerprint density at radius 3 is 3.09 bits per heavy atom. The molecule has 7 nitrogen and oxygen atoms in total. The number of amides is 1. The molecule has 1 aliphatic heterocycles. The van der Waals surface area contributed by atoms with Crippen LogP contribution in [0.15, 0.2) is 40.0 Å². The number of nitrogens with one attached hydrogen (secondary N) is 1. The third kappa shape index (κ3) is 1.90. The van der Waals surface area contributed by atoms with Gasteiger partial charge in [0.15, 0.2) is 0 Å². The van der Waals surface area contributed by atoms with E-state index in [1.54, 1.807) is 6.92 Å². The van der Waals surface area contributed by atoms with Crippen LogP contribution >= 0.6 is 0 Å². The summed E-state index contributed by atoms with van der Waals surface area (Å²) in [7, 11) is 0. The first-order valence-electron chi connectivity index (χ1n) is 6.97. The molecular weight excluding hydrogens is 282 g/mol. The van der Waals surface area contributed by atoms with E-state index in [1.165, 1.54) is 6.26 Å². The summed E-state index contributed by atoms with van der Waals surface area (Å²) < 4.78 is 6.72. The lowest BCUT2D eigenvalue weighted by Gasteiger charge is -2.07. The third-order valence-corrected chi connectivity index (χ3v) is 3.70. The number of aryl methyl sites for hydroxylation is 1. The van der Waals surface area contributed by atoms with Gasteiger partial charge in [-0.2, -0.15) is 4.99 Å². The van der Waals surface area contributed by atoms with Gasteiger partial charge in [-0.1, -0.05) is 17.3 Å². The van der Waals surface area contributed by atoms with Crippen LogP contribution < -0.4 is 10.9 Å². The summed E-state index contributed by atoms with van der Waals surface area (Å²) >= 11 is 0. The van der Waals surface area contributed by atoms with E-state index >= 15 is 0 Å². The molecule has 3 heterocycles. The van der Waals surface area contributed by atoms with Gasteiger partial charge in [0.1, 0.15) is 17.6 Å². The number of nitrogens with zero attached hydrogens (tertiary/aromatic N) is 4. The first-order valence-corrected chi connectivity index (χ1v) is 6.97. The van der Waals surface area contributed by atoms with Crippen LogP contribution in [0.1, 0.15) is 16.1 Å². The molecule has 2 aromatic heterocycles. The van der Waals surface area contributed by atoms with Crippen molar-refractivity contribution in [1.29, 1.82) is 0 Å². The van der Waals surface area contributed by atoms with Gasteiger partial charge in [0.2, 0.25) is 5.62 Å². The van der Waals surface area contributed by atoms with Crippen LogP contribution in [0.25, 0.3) is 10.9 Å². The van der Waals surface area contributed by atoms with Crippen LogP contribution in [-0.4, -0.2) is 27.2 Å². The molecule has 3 aromatic rings. The van der Waals surface area contributed by atoms with Crippen molar-refractivity contribution in [2.75, 3.05) is 11.9 Å². The molecular formula is C15H13N5O2. The second-order valence-electron chi connectivity index (χ2n) is 5.09. The Hall–Kier alpha value is -2.96. The third-order valence-electron chi connectivity index (χ3n) is 3.70. The molecule has 1 aliphatic rings. The van der Waals surface area contributed by atoms with Crippen molar-refractivity contribution >= 4 is 22.6 Å². The van der Waals surface area contributed by atoms with Crippen molar-refractivity contribution in [2.45, 2.75) is 13.5 Å². The van der Waals surface area contributed by atoms with Crippen molar-refractivity contribution in [3.8, 4) is 0 Å². The van der Waals surface area contributed by atoms with E-state index in [4.69, 9.17) is 4.52 Å². The minimum atomic E-state index is -0.400. The molecule has 0 unspecified atom stereocenters. The lowest BCUT2D eigenvalue weighted by atomic mass is 10.2. The van der Waals surface area contributed by atoms with Crippen molar-refractivity contribution in [1.82, 2.24) is 14.7 Å². The number of hydrogen-bond donors (Lipinski definition) is 1. The number of fused-ring (bicyclic) bond motifs is 3.